The van der Waals surface area contributed by atoms with Crippen LogP contribution in [0, 0.1) is 6.92 Å². The van der Waals surface area contributed by atoms with Gasteiger partial charge in [-0.25, -0.2) is 0 Å². The Hall–Kier alpha value is -1.12. The third-order valence-electron chi connectivity index (χ3n) is 3.83. The number of likely N-dealkylation sites (N-methyl/N-ethyl adjacent to an activating group) is 1. The van der Waals surface area contributed by atoms with Crippen molar-refractivity contribution in [3.63, 3.8) is 0 Å². The van der Waals surface area contributed by atoms with Crippen LogP contribution in [-0.2, 0) is 12.8 Å². The molecule has 0 aromatic heterocycles. The summed E-state index contributed by atoms with van der Waals surface area (Å²) in [7, 11) is 2.03. The Morgan fingerprint density at radius 2 is 1.70 bits per heavy atom. The Morgan fingerprint density at radius 3 is 2.25 bits per heavy atom. The molecule has 0 aliphatic rings. The standard InChI is InChI=1S/C18H22BrN/c1-4-14-5-7-15(8-6-14)12-18(20-3)17-10-9-16(19)11-13(17)2/h5-11,18,20H,4,12H2,1-3H3. The van der Waals surface area contributed by atoms with Gasteiger partial charge in [0.2, 0.25) is 0 Å². The molecule has 2 rings (SSSR count). The van der Waals surface area contributed by atoms with Gasteiger partial charge in [-0.15, -0.1) is 0 Å². The topological polar surface area (TPSA) is 12.0 Å². The SMILES string of the molecule is CCc1ccc(CC(NC)c2ccc(Br)cc2C)cc1. The number of benzene rings is 2. The number of aryl methyl sites for hydroxylation is 2. The van der Waals surface area contributed by atoms with Gasteiger partial charge in [0.05, 0.1) is 0 Å². The minimum absolute atomic E-state index is 0.357. The molecule has 0 saturated carbocycles. The molecule has 0 fully saturated rings. The molecule has 0 saturated heterocycles. The number of halogens is 1. The predicted octanol–water partition coefficient (Wildman–Crippen LogP) is 4.82. The Kier molecular flexibility index (Phi) is 5.38. The molecule has 0 bridgehead atoms. The first-order valence-corrected chi connectivity index (χ1v) is 7.94. The van der Waals surface area contributed by atoms with E-state index < -0.39 is 0 Å². The van der Waals surface area contributed by atoms with Crippen LogP contribution in [0.4, 0.5) is 0 Å². The molecule has 106 valence electrons. The second kappa shape index (κ2) is 7.05. The van der Waals surface area contributed by atoms with Gasteiger partial charge in [0.25, 0.3) is 0 Å². The summed E-state index contributed by atoms with van der Waals surface area (Å²) in [5.74, 6) is 0. The van der Waals surface area contributed by atoms with Crippen LogP contribution in [0.5, 0.6) is 0 Å². The second-order valence-corrected chi connectivity index (χ2v) is 6.13. The quantitative estimate of drug-likeness (QED) is 0.827. The van der Waals surface area contributed by atoms with E-state index >= 15 is 0 Å². The van der Waals surface area contributed by atoms with Crippen LogP contribution in [0.25, 0.3) is 0 Å². The number of rotatable bonds is 5. The van der Waals surface area contributed by atoms with Gasteiger partial charge in [-0.3, -0.25) is 0 Å². The van der Waals surface area contributed by atoms with Crippen molar-refractivity contribution in [2.24, 2.45) is 0 Å². The molecular weight excluding hydrogens is 310 g/mol. The van der Waals surface area contributed by atoms with Crippen molar-refractivity contribution in [2.75, 3.05) is 7.05 Å². The zero-order valence-corrected chi connectivity index (χ0v) is 14.0. The van der Waals surface area contributed by atoms with Gasteiger partial charge >= 0.3 is 0 Å². The molecule has 0 amide bonds. The molecule has 2 aromatic rings. The molecule has 0 spiro atoms. The minimum atomic E-state index is 0.357. The van der Waals surface area contributed by atoms with E-state index in [4.69, 9.17) is 0 Å². The van der Waals surface area contributed by atoms with Crippen LogP contribution in [0.2, 0.25) is 0 Å². The van der Waals surface area contributed by atoms with Crippen molar-refractivity contribution in [1.29, 1.82) is 0 Å². The summed E-state index contributed by atoms with van der Waals surface area (Å²) in [4.78, 5) is 0. The highest BCUT2D eigenvalue weighted by atomic mass is 79.9. The lowest BCUT2D eigenvalue weighted by Crippen LogP contribution is -2.19. The number of nitrogens with one attached hydrogen (secondary N) is 1. The van der Waals surface area contributed by atoms with Gasteiger partial charge < -0.3 is 5.32 Å². The molecule has 20 heavy (non-hydrogen) atoms. The van der Waals surface area contributed by atoms with Crippen molar-refractivity contribution in [1.82, 2.24) is 5.32 Å². The Bertz CT molecular complexity index is 560. The molecule has 0 aliphatic carbocycles. The summed E-state index contributed by atoms with van der Waals surface area (Å²) in [5.41, 5.74) is 5.47. The van der Waals surface area contributed by atoms with E-state index in [1.807, 2.05) is 7.05 Å². The third-order valence-corrected chi connectivity index (χ3v) is 4.32. The highest BCUT2D eigenvalue weighted by Gasteiger charge is 2.12. The molecule has 2 heteroatoms. The molecule has 0 aliphatic heterocycles. The largest absolute Gasteiger partial charge is 0.313 e. The zero-order valence-electron chi connectivity index (χ0n) is 12.4. The molecular formula is C18H22BrN. The van der Waals surface area contributed by atoms with E-state index in [0.29, 0.717) is 6.04 Å². The van der Waals surface area contributed by atoms with Gasteiger partial charge in [0.15, 0.2) is 0 Å². The van der Waals surface area contributed by atoms with Crippen LogP contribution >= 0.6 is 15.9 Å². The van der Waals surface area contributed by atoms with Crippen LogP contribution in [0.1, 0.15) is 35.2 Å². The van der Waals surface area contributed by atoms with Crippen LogP contribution in [0.15, 0.2) is 46.9 Å². The fourth-order valence-corrected chi connectivity index (χ4v) is 3.02. The number of hydrogen-bond acceptors (Lipinski definition) is 1. The highest BCUT2D eigenvalue weighted by molar-refractivity contribution is 9.10. The van der Waals surface area contributed by atoms with Gasteiger partial charge in [-0.2, -0.15) is 0 Å². The van der Waals surface area contributed by atoms with Crippen molar-refractivity contribution < 1.29 is 0 Å². The van der Waals surface area contributed by atoms with Crippen molar-refractivity contribution in [2.45, 2.75) is 32.7 Å². The van der Waals surface area contributed by atoms with Gasteiger partial charge in [0.1, 0.15) is 0 Å². The monoisotopic (exact) mass is 331 g/mol. The van der Waals surface area contributed by atoms with Gasteiger partial charge in [-0.1, -0.05) is 53.2 Å². The second-order valence-electron chi connectivity index (χ2n) is 5.22. The van der Waals surface area contributed by atoms with E-state index in [-0.39, 0.29) is 0 Å². The van der Waals surface area contributed by atoms with E-state index in [1.54, 1.807) is 0 Å². The van der Waals surface area contributed by atoms with Gasteiger partial charge in [-0.05, 0) is 61.2 Å². The fraction of sp³-hybridized carbons (Fsp3) is 0.333. The number of hydrogen-bond donors (Lipinski definition) is 1. The molecule has 0 radical (unpaired) electrons. The molecule has 2 aromatic carbocycles. The Labute approximate surface area is 130 Å². The first-order chi connectivity index (χ1) is 9.63. The normalized spacial score (nSPS) is 12.4. The smallest absolute Gasteiger partial charge is 0.0361 e. The van der Waals surface area contributed by atoms with E-state index in [2.05, 4.69) is 77.6 Å². The summed E-state index contributed by atoms with van der Waals surface area (Å²) in [6, 6.07) is 15.8. The lowest BCUT2D eigenvalue weighted by molar-refractivity contribution is 0.589. The van der Waals surface area contributed by atoms with E-state index in [1.165, 1.54) is 22.3 Å². The summed E-state index contributed by atoms with van der Waals surface area (Å²) in [6.45, 7) is 4.36. The maximum absolute atomic E-state index is 3.53. The van der Waals surface area contributed by atoms with Crippen molar-refractivity contribution >= 4 is 15.9 Å². The van der Waals surface area contributed by atoms with E-state index in [0.717, 1.165) is 17.3 Å². The van der Waals surface area contributed by atoms with E-state index in [9.17, 15) is 0 Å². The summed E-state index contributed by atoms with van der Waals surface area (Å²) < 4.78 is 1.14. The van der Waals surface area contributed by atoms with Crippen LogP contribution in [0.3, 0.4) is 0 Å². The molecule has 1 unspecified atom stereocenters. The third kappa shape index (κ3) is 3.71. The molecule has 1 atom stereocenters. The average Bonchev–Trinajstić information content (AvgIpc) is 2.46. The first kappa shape index (κ1) is 15.3. The maximum atomic E-state index is 3.53. The Balaban J connectivity index is 2.19. The molecule has 1 N–H and O–H groups in total. The highest BCUT2D eigenvalue weighted by Crippen LogP contribution is 2.24. The predicted molar refractivity (Wildman–Crippen MR) is 90.2 cm³/mol. The zero-order chi connectivity index (χ0) is 14.5. The fourth-order valence-electron chi connectivity index (χ4n) is 2.54. The van der Waals surface area contributed by atoms with Crippen LogP contribution < -0.4 is 5.32 Å². The summed E-state index contributed by atoms with van der Waals surface area (Å²) >= 11 is 3.53. The Morgan fingerprint density at radius 1 is 1.05 bits per heavy atom. The summed E-state index contributed by atoms with van der Waals surface area (Å²) in [6.07, 6.45) is 2.12. The first-order valence-electron chi connectivity index (χ1n) is 7.15. The van der Waals surface area contributed by atoms with Gasteiger partial charge in [0, 0.05) is 10.5 Å². The van der Waals surface area contributed by atoms with Crippen molar-refractivity contribution in [3.05, 3.63) is 69.2 Å². The van der Waals surface area contributed by atoms with Crippen LogP contribution in [-0.4, -0.2) is 7.05 Å². The maximum Gasteiger partial charge on any atom is 0.0361 e. The lowest BCUT2D eigenvalue weighted by Gasteiger charge is -2.19. The lowest BCUT2D eigenvalue weighted by atomic mass is 9.95. The minimum Gasteiger partial charge on any atom is -0.313 e. The average molecular weight is 332 g/mol. The molecule has 1 nitrogen and oxygen atoms in total. The molecule has 0 heterocycles. The summed E-state index contributed by atoms with van der Waals surface area (Å²) in [5, 5.41) is 3.44. The van der Waals surface area contributed by atoms with Crippen molar-refractivity contribution in [3.8, 4) is 0 Å².